The Balaban J connectivity index is 1.73. The molecule has 2 aliphatic rings. The Morgan fingerprint density at radius 2 is 1.31 bits per heavy atom. The van der Waals surface area contributed by atoms with Crippen LogP contribution in [0.15, 0.2) is 0 Å². The highest BCUT2D eigenvalue weighted by molar-refractivity contribution is 4.86. The van der Waals surface area contributed by atoms with Crippen molar-refractivity contribution >= 4 is 0 Å². The van der Waals surface area contributed by atoms with Crippen LogP contribution >= 0.6 is 0 Å². The topological polar surface area (TPSA) is 87.3 Å². The molecule has 0 aromatic rings. The van der Waals surface area contributed by atoms with Gasteiger partial charge in [0.15, 0.2) is 0 Å². The summed E-state index contributed by atoms with van der Waals surface area (Å²) in [6.45, 7) is 0. The second kappa shape index (κ2) is 5.45. The Labute approximate surface area is 97.9 Å². The molecule has 6 N–H and O–H groups in total. The Hall–Kier alpha value is -0.160. The first kappa shape index (κ1) is 12.3. The van der Waals surface area contributed by atoms with Crippen LogP contribution < -0.4 is 17.2 Å². The van der Waals surface area contributed by atoms with Gasteiger partial charge in [-0.1, -0.05) is 0 Å². The smallest absolute Gasteiger partial charge is 0.0594 e. The fourth-order valence-electron chi connectivity index (χ4n) is 2.81. The van der Waals surface area contributed by atoms with Gasteiger partial charge in [0, 0.05) is 18.1 Å². The first-order chi connectivity index (χ1) is 7.65. The molecular formula is C12H25N3O. The van der Waals surface area contributed by atoms with Gasteiger partial charge in [-0.25, -0.2) is 0 Å². The average molecular weight is 227 g/mol. The highest BCUT2D eigenvalue weighted by atomic mass is 16.5. The largest absolute Gasteiger partial charge is 0.375 e. The molecule has 0 saturated heterocycles. The van der Waals surface area contributed by atoms with Crippen molar-refractivity contribution in [3.8, 4) is 0 Å². The lowest BCUT2D eigenvalue weighted by atomic mass is 9.88. The molecule has 2 saturated carbocycles. The van der Waals surface area contributed by atoms with Crippen molar-refractivity contribution in [1.29, 1.82) is 0 Å². The van der Waals surface area contributed by atoms with Gasteiger partial charge >= 0.3 is 0 Å². The fraction of sp³-hybridized carbons (Fsp3) is 1.00. The molecule has 2 fully saturated rings. The minimum atomic E-state index is 0.115. The third kappa shape index (κ3) is 3.17. The lowest BCUT2D eigenvalue weighted by Gasteiger charge is -2.35. The maximum absolute atomic E-state index is 6.11. The second-order valence-corrected chi connectivity index (χ2v) is 5.44. The van der Waals surface area contributed by atoms with Crippen molar-refractivity contribution in [3.05, 3.63) is 0 Å². The van der Waals surface area contributed by atoms with E-state index in [0.717, 1.165) is 44.9 Å². The predicted molar refractivity (Wildman–Crippen MR) is 64.9 cm³/mol. The van der Waals surface area contributed by atoms with Crippen LogP contribution in [0.25, 0.3) is 0 Å². The first-order valence-corrected chi connectivity index (χ1v) is 6.57. The molecule has 4 nitrogen and oxygen atoms in total. The van der Waals surface area contributed by atoms with Gasteiger partial charge in [-0.3, -0.25) is 0 Å². The van der Waals surface area contributed by atoms with Crippen LogP contribution in [-0.4, -0.2) is 30.3 Å². The van der Waals surface area contributed by atoms with Crippen LogP contribution in [0.5, 0.6) is 0 Å². The predicted octanol–water partition coefficient (Wildman–Crippen LogP) is 0.480. The normalized spacial score (nSPS) is 45.6. The van der Waals surface area contributed by atoms with Crippen LogP contribution in [0, 0.1) is 0 Å². The third-order valence-corrected chi connectivity index (χ3v) is 4.01. The zero-order chi connectivity index (χ0) is 11.5. The maximum atomic E-state index is 6.11. The van der Waals surface area contributed by atoms with Crippen LogP contribution in [0.3, 0.4) is 0 Å². The molecule has 16 heavy (non-hydrogen) atoms. The zero-order valence-electron chi connectivity index (χ0n) is 9.98. The van der Waals surface area contributed by atoms with Crippen molar-refractivity contribution in [2.24, 2.45) is 17.2 Å². The van der Waals surface area contributed by atoms with E-state index in [0.29, 0.717) is 18.2 Å². The molecule has 3 atom stereocenters. The maximum Gasteiger partial charge on any atom is 0.0594 e. The Morgan fingerprint density at radius 1 is 0.688 bits per heavy atom. The lowest BCUT2D eigenvalue weighted by Crippen LogP contribution is -2.48. The molecule has 0 aromatic heterocycles. The van der Waals surface area contributed by atoms with Crippen molar-refractivity contribution in [1.82, 2.24) is 0 Å². The summed E-state index contributed by atoms with van der Waals surface area (Å²) in [4.78, 5) is 0. The number of ether oxygens (including phenoxy) is 1. The zero-order valence-corrected chi connectivity index (χ0v) is 9.98. The standard InChI is InChI=1S/C12H25N3O/c13-8-1-3-9(4-2-8)16-10-5-6-11(14)12(15)7-10/h8-12H,1-7,13-15H2. The summed E-state index contributed by atoms with van der Waals surface area (Å²) in [5.74, 6) is 0. The Morgan fingerprint density at radius 3 is 1.94 bits per heavy atom. The van der Waals surface area contributed by atoms with E-state index in [1.165, 1.54) is 0 Å². The van der Waals surface area contributed by atoms with Gasteiger partial charge < -0.3 is 21.9 Å². The van der Waals surface area contributed by atoms with E-state index in [9.17, 15) is 0 Å². The Bertz CT molecular complexity index is 216. The molecule has 2 rings (SSSR count). The van der Waals surface area contributed by atoms with Gasteiger partial charge in [-0.15, -0.1) is 0 Å². The molecule has 4 heteroatoms. The molecule has 0 heterocycles. The van der Waals surface area contributed by atoms with Gasteiger partial charge in [-0.05, 0) is 44.9 Å². The monoisotopic (exact) mass is 227 g/mol. The first-order valence-electron chi connectivity index (χ1n) is 6.57. The van der Waals surface area contributed by atoms with E-state index in [1.54, 1.807) is 0 Å². The molecule has 0 bridgehead atoms. The van der Waals surface area contributed by atoms with Crippen molar-refractivity contribution in [3.63, 3.8) is 0 Å². The van der Waals surface area contributed by atoms with Crippen LogP contribution in [0.1, 0.15) is 44.9 Å². The van der Waals surface area contributed by atoms with Crippen LogP contribution in [0.4, 0.5) is 0 Å². The van der Waals surface area contributed by atoms with E-state index in [-0.39, 0.29) is 12.1 Å². The van der Waals surface area contributed by atoms with E-state index in [2.05, 4.69) is 0 Å². The van der Waals surface area contributed by atoms with Gasteiger partial charge in [0.05, 0.1) is 12.2 Å². The molecule has 0 aliphatic heterocycles. The van der Waals surface area contributed by atoms with E-state index >= 15 is 0 Å². The summed E-state index contributed by atoms with van der Waals surface area (Å²) in [5.41, 5.74) is 17.7. The molecule has 0 spiro atoms. The van der Waals surface area contributed by atoms with Crippen LogP contribution in [0.2, 0.25) is 0 Å². The summed E-state index contributed by atoms with van der Waals surface area (Å²) in [5, 5.41) is 0. The highest BCUT2D eigenvalue weighted by Crippen LogP contribution is 2.26. The molecule has 0 aromatic carbocycles. The minimum Gasteiger partial charge on any atom is -0.375 e. The molecule has 0 radical (unpaired) electrons. The summed E-state index contributed by atoms with van der Waals surface area (Å²) in [7, 11) is 0. The summed E-state index contributed by atoms with van der Waals surface area (Å²) >= 11 is 0. The SMILES string of the molecule is NC1CCC(OC2CCC(N)C(N)C2)CC1. The van der Waals surface area contributed by atoms with E-state index < -0.39 is 0 Å². The van der Waals surface area contributed by atoms with Gasteiger partial charge in [0.25, 0.3) is 0 Å². The number of rotatable bonds is 2. The van der Waals surface area contributed by atoms with E-state index in [1.807, 2.05) is 0 Å². The molecular weight excluding hydrogens is 202 g/mol. The molecule has 0 amide bonds. The van der Waals surface area contributed by atoms with E-state index in [4.69, 9.17) is 21.9 Å². The quantitative estimate of drug-likeness (QED) is 0.640. The fourth-order valence-corrected chi connectivity index (χ4v) is 2.81. The van der Waals surface area contributed by atoms with Gasteiger partial charge in [-0.2, -0.15) is 0 Å². The minimum absolute atomic E-state index is 0.115. The van der Waals surface area contributed by atoms with Crippen LogP contribution in [-0.2, 0) is 4.74 Å². The average Bonchev–Trinajstić information content (AvgIpc) is 2.27. The lowest BCUT2D eigenvalue weighted by molar-refractivity contribution is -0.0516. The molecule has 2 aliphatic carbocycles. The summed E-state index contributed by atoms with van der Waals surface area (Å²) in [6, 6.07) is 0.672. The van der Waals surface area contributed by atoms with Crippen molar-refractivity contribution in [2.45, 2.75) is 75.3 Å². The summed E-state index contributed by atoms with van der Waals surface area (Å²) in [6.07, 6.45) is 8.14. The number of hydrogen-bond donors (Lipinski definition) is 3. The third-order valence-electron chi connectivity index (χ3n) is 4.01. The number of nitrogens with two attached hydrogens (primary N) is 3. The molecule has 94 valence electrons. The van der Waals surface area contributed by atoms with Crippen molar-refractivity contribution < 1.29 is 4.74 Å². The van der Waals surface area contributed by atoms with Crippen molar-refractivity contribution in [2.75, 3.05) is 0 Å². The highest BCUT2D eigenvalue weighted by Gasteiger charge is 2.29. The summed E-state index contributed by atoms with van der Waals surface area (Å²) < 4.78 is 6.11. The van der Waals surface area contributed by atoms with Gasteiger partial charge in [0.1, 0.15) is 0 Å². The second-order valence-electron chi connectivity index (χ2n) is 5.44. The number of hydrogen-bond acceptors (Lipinski definition) is 4. The Kier molecular flexibility index (Phi) is 4.19. The molecule has 3 unspecified atom stereocenters. The van der Waals surface area contributed by atoms with Gasteiger partial charge in [0.2, 0.25) is 0 Å².